The van der Waals surface area contributed by atoms with Crippen molar-refractivity contribution in [2.45, 2.75) is 17.0 Å². The highest BCUT2D eigenvalue weighted by molar-refractivity contribution is 8.00. The molecule has 23 heavy (non-hydrogen) atoms. The Bertz CT molecular complexity index is 835. The van der Waals surface area contributed by atoms with E-state index < -0.39 is 0 Å². The first-order valence-corrected chi connectivity index (χ1v) is 8.61. The minimum atomic E-state index is -0.181. The lowest BCUT2D eigenvalue weighted by atomic mass is 10.2. The van der Waals surface area contributed by atoms with Crippen LogP contribution in [0.25, 0.3) is 11.5 Å². The van der Waals surface area contributed by atoms with Crippen LogP contribution in [0.1, 0.15) is 12.8 Å². The average molecular weight is 368 g/mol. The van der Waals surface area contributed by atoms with Gasteiger partial charge in [-0.25, -0.2) is 0 Å². The van der Waals surface area contributed by atoms with Crippen molar-refractivity contribution in [3.05, 3.63) is 35.2 Å². The number of aromatic nitrogens is 4. The molecule has 0 aliphatic carbocycles. The smallest absolute Gasteiger partial charge is 0.249 e. The number of anilines is 1. The number of carbonyl (C=O) groups excluding carboxylic acids is 1. The van der Waals surface area contributed by atoms with Gasteiger partial charge in [0, 0.05) is 6.92 Å². The summed E-state index contributed by atoms with van der Waals surface area (Å²) in [6, 6.07) is 7.27. The number of thioether (sulfide) groups is 1. The molecule has 0 aliphatic rings. The van der Waals surface area contributed by atoms with E-state index in [1.54, 1.807) is 6.07 Å². The molecule has 0 aliphatic heterocycles. The predicted molar refractivity (Wildman–Crippen MR) is 88.5 cm³/mol. The van der Waals surface area contributed by atoms with Crippen LogP contribution in [0.4, 0.5) is 5.13 Å². The summed E-state index contributed by atoms with van der Waals surface area (Å²) < 4.78 is 6.30. The average Bonchev–Trinajstić information content (AvgIpc) is 3.14. The van der Waals surface area contributed by atoms with Gasteiger partial charge in [0.05, 0.1) is 16.3 Å². The number of hydrogen-bond acceptors (Lipinski definition) is 8. The monoisotopic (exact) mass is 367 g/mol. The van der Waals surface area contributed by atoms with Crippen LogP contribution >= 0.6 is 34.7 Å². The zero-order valence-corrected chi connectivity index (χ0v) is 14.2. The van der Waals surface area contributed by atoms with Crippen LogP contribution in [0.5, 0.6) is 0 Å². The molecule has 0 bridgehead atoms. The van der Waals surface area contributed by atoms with Crippen LogP contribution in [0.15, 0.2) is 33.0 Å². The van der Waals surface area contributed by atoms with Gasteiger partial charge in [0.15, 0.2) is 4.34 Å². The molecule has 1 N–H and O–H groups in total. The Hall–Kier alpha value is -1.97. The molecule has 2 heterocycles. The largest absolute Gasteiger partial charge is 0.420 e. The maximum Gasteiger partial charge on any atom is 0.249 e. The van der Waals surface area contributed by atoms with Crippen molar-refractivity contribution in [2.24, 2.45) is 0 Å². The molecular weight excluding hydrogens is 358 g/mol. The van der Waals surface area contributed by atoms with E-state index in [2.05, 4.69) is 25.7 Å². The Morgan fingerprint density at radius 2 is 2.13 bits per heavy atom. The van der Waals surface area contributed by atoms with E-state index in [1.807, 2.05) is 18.2 Å². The zero-order chi connectivity index (χ0) is 16.2. The molecule has 118 valence electrons. The molecule has 10 heteroatoms. The maximum absolute atomic E-state index is 10.9. The number of nitrogens with zero attached hydrogens (tertiary/aromatic N) is 4. The van der Waals surface area contributed by atoms with Gasteiger partial charge in [-0.05, 0) is 12.1 Å². The number of nitrogens with one attached hydrogen (secondary N) is 1. The standard InChI is InChI=1S/C13H10ClN5O2S2/c1-7(20)15-12-18-19-13(23-12)22-6-10-16-17-11(21-10)8-4-2-3-5-9(8)14/h2-5H,6H2,1H3,(H,15,18,20). The molecule has 0 atom stereocenters. The molecule has 3 rings (SSSR count). The van der Waals surface area contributed by atoms with Crippen LogP contribution in [-0.2, 0) is 10.5 Å². The molecule has 0 saturated heterocycles. The Morgan fingerprint density at radius 3 is 2.91 bits per heavy atom. The van der Waals surface area contributed by atoms with Crippen molar-refractivity contribution in [3.8, 4) is 11.5 Å². The Kier molecular flexibility index (Phi) is 4.89. The van der Waals surface area contributed by atoms with Crippen molar-refractivity contribution in [1.82, 2.24) is 20.4 Å². The van der Waals surface area contributed by atoms with E-state index in [0.717, 1.165) is 0 Å². The van der Waals surface area contributed by atoms with Gasteiger partial charge >= 0.3 is 0 Å². The molecular formula is C13H10ClN5O2S2. The Balaban J connectivity index is 1.64. The fourth-order valence-electron chi connectivity index (χ4n) is 1.65. The summed E-state index contributed by atoms with van der Waals surface area (Å²) >= 11 is 8.78. The first-order valence-electron chi connectivity index (χ1n) is 6.43. The minimum absolute atomic E-state index is 0.181. The molecule has 0 saturated carbocycles. The lowest BCUT2D eigenvalue weighted by molar-refractivity contribution is -0.114. The van der Waals surface area contributed by atoms with Gasteiger partial charge in [0.1, 0.15) is 0 Å². The van der Waals surface area contributed by atoms with Gasteiger partial charge in [0.25, 0.3) is 0 Å². The minimum Gasteiger partial charge on any atom is -0.420 e. The topological polar surface area (TPSA) is 93.8 Å². The third kappa shape index (κ3) is 4.06. The van der Waals surface area contributed by atoms with Crippen LogP contribution < -0.4 is 5.32 Å². The first kappa shape index (κ1) is 15.9. The Morgan fingerprint density at radius 1 is 1.30 bits per heavy atom. The summed E-state index contributed by atoms with van der Waals surface area (Å²) in [5, 5.41) is 19.4. The molecule has 2 aromatic heterocycles. The second kappa shape index (κ2) is 7.07. The van der Waals surface area contributed by atoms with Crippen molar-refractivity contribution >= 4 is 45.7 Å². The molecule has 0 fully saturated rings. The van der Waals surface area contributed by atoms with E-state index >= 15 is 0 Å². The number of benzene rings is 1. The SMILES string of the molecule is CC(=O)Nc1nnc(SCc2nnc(-c3ccccc3Cl)o2)s1. The predicted octanol–water partition coefficient (Wildman–Crippen LogP) is 3.49. The second-order valence-electron chi connectivity index (χ2n) is 4.32. The number of halogens is 1. The van der Waals surface area contributed by atoms with Crippen molar-refractivity contribution in [2.75, 3.05) is 5.32 Å². The highest BCUT2D eigenvalue weighted by Crippen LogP contribution is 2.30. The molecule has 0 spiro atoms. The van der Waals surface area contributed by atoms with E-state index in [1.165, 1.54) is 30.0 Å². The van der Waals surface area contributed by atoms with Crippen molar-refractivity contribution in [1.29, 1.82) is 0 Å². The third-order valence-electron chi connectivity index (χ3n) is 2.58. The summed E-state index contributed by atoms with van der Waals surface area (Å²) in [6.07, 6.45) is 0. The summed E-state index contributed by atoms with van der Waals surface area (Å²) in [5.41, 5.74) is 0.696. The molecule has 1 amide bonds. The van der Waals surface area contributed by atoms with Crippen molar-refractivity contribution in [3.63, 3.8) is 0 Å². The van der Waals surface area contributed by atoms with E-state index in [4.69, 9.17) is 16.0 Å². The third-order valence-corrected chi connectivity index (χ3v) is 4.87. The van der Waals surface area contributed by atoms with Crippen LogP contribution in [0.3, 0.4) is 0 Å². The molecule has 0 unspecified atom stereocenters. The summed E-state index contributed by atoms with van der Waals surface area (Å²) in [7, 11) is 0. The van der Waals surface area contributed by atoms with Gasteiger partial charge < -0.3 is 9.73 Å². The van der Waals surface area contributed by atoms with Crippen LogP contribution in [0, 0.1) is 0 Å². The normalized spacial score (nSPS) is 10.7. The highest BCUT2D eigenvalue weighted by atomic mass is 35.5. The van der Waals surface area contributed by atoms with Crippen molar-refractivity contribution < 1.29 is 9.21 Å². The number of hydrogen-bond donors (Lipinski definition) is 1. The summed E-state index contributed by atoms with van der Waals surface area (Å²) in [6.45, 7) is 1.42. The van der Waals surface area contributed by atoms with Crippen LogP contribution in [-0.4, -0.2) is 26.3 Å². The summed E-state index contributed by atoms with van der Waals surface area (Å²) in [5.74, 6) is 1.11. The second-order valence-corrected chi connectivity index (χ2v) is 6.93. The van der Waals surface area contributed by atoms with Gasteiger partial charge in [-0.1, -0.05) is 46.8 Å². The van der Waals surface area contributed by atoms with E-state index in [9.17, 15) is 4.79 Å². The number of rotatable bonds is 5. The first-order chi connectivity index (χ1) is 11.1. The molecule has 1 aromatic carbocycles. The fourth-order valence-corrected chi connectivity index (χ4v) is 3.50. The zero-order valence-electron chi connectivity index (χ0n) is 11.8. The van der Waals surface area contributed by atoms with E-state index in [0.29, 0.717) is 37.6 Å². The van der Waals surface area contributed by atoms with Gasteiger partial charge in [-0.15, -0.1) is 20.4 Å². The van der Waals surface area contributed by atoms with E-state index in [-0.39, 0.29) is 5.91 Å². The lowest BCUT2D eigenvalue weighted by Crippen LogP contribution is -2.04. The quantitative estimate of drug-likeness (QED) is 0.544. The highest BCUT2D eigenvalue weighted by Gasteiger charge is 2.13. The fraction of sp³-hybridized carbons (Fsp3) is 0.154. The number of carbonyl (C=O) groups is 1. The molecule has 3 aromatic rings. The van der Waals surface area contributed by atoms with Crippen LogP contribution in [0.2, 0.25) is 5.02 Å². The van der Waals surface area contributed by atoms with Gasteiger partial charge in [-0.2, -0.15) is 0 Å². The van der Waals surface area contributed by atoms with Gasteiger partial charge in [-0.3, -0.25) is 4.79 Å². The number of amides is 1. The lowest BCUT2D eigenvalue weighted by Gasteiger charge is -1.96. The summed E-state index contributed by atoms with van der Waals surface area (Å²) in [4.78, 5) is 10.9. The van der Waals surface area contributed by atoms with Gasteiger partial charge in [0.2, 0.25) is 22.8 Å². The molecule has 0 radical (unpaired) electrons. The Labute approximate surface area is 144 Å². The maximum atomic E-state index is 10.9. The molecule has 7 nitrogen and oxygen atoms in total.